The van der Waals surface area contributed by atoms with E-state index in [9.17, 15) is 10.5 Å². The molecular formula is C46H51N5. The molecule has 4 aromatic rings. The Morgan fingerprint density at radius 2 is 1.10 bits per heavy atom. The predicted molar refractivity (Wildman–Crippen MR) is 203 cm³/mol. The number of benzene rings is 3. The molecule has 5 nitrogen and oxygen atoms in total. The Bertz CT molecular complexity index is 1960. The molecule has 1 aromatic heterocycles. The van der Waals surface area contributed by atoms with Crippen LogP contribution in [0.15, 0.2) is 66.7 Å². The van der Waals surface area contributed by atoms with Crippen molar-refractivity contribution in [3.63, 3.8) is 0 Å². The molecule has 4 aliphatic rings. The molecule has 2 unspecified atom stereocenters. The second-order valence-electron chi connectivity index (χ2n) is 17.5. The highest BCUT2D eigenvalue weighted by molar-refractivity contribution is 5.69. The molecule has 0 radical (unpaired) electrons. The highest BCUT2D eigenvalue weighted by Crippen LogP contribution is 2.56. The average Bonchev–Trinajstić information content (AvgIpc) is 3.13. The maximum Gasteiger partial charge on any atom is 0.164 e. The van der Waals surface area contributed by atoms with Gasteiger partial charge < -0.3 is 0 Å². The highest BCUT2D eigenvalue weighted by Gasteiger charge is 2.46. The minimum absolute atomic E-state index is 0.195. The zero-order chi connectivity index (χ0) is 35.3. The van der Waals surface area contributed by atoms with Gasteiger partial charge in [0.05, 0.1) is 23.3 Å². The predicted octanol–water partition coefficient (Wildman–Crippen LogP) is 11.2. The summed E-state index contributed by atoms with van der Waals surface area (Å²) >= 11 is 0. The number of rotatable bonds is 6. The summed E-state index contributed by atoms with van der Waals surface area (Å²) in [4.78, 5) is 15.3. The van der Waals surface area contributed by atoms with Crippen LogP contribution in [0.3, 0.4) is 0 Å². The molecule has 4 aliphatic carbocycles. The number of hydrogen-bond acceptors (Lipinski definition) is 5. The average molecular weight is 674 g/mol. The molecule has 1 heterocycles. The van der Waals surface area contributed by atoms with Gasteiger partial charge in [0, 0.05) is 16.7 Å². The summed E-state index contributed by atoms with van der Waals surface area (Å²) < 4.78 is 0. The van der Waals surface area contributed by atoms with E-state index in [2.05, 4.69) is 88.4 Å². The van der Waals surface area contributed by atoms with Crippen molar-refractivity contribution in [1.29, 1.82) is 10.5 Å². The lowest BCUT2D eigenvalue weighted by Crippen LogP contribution is -2.42. The Hall–Kier alpha value is -4.35. The van der Waals surface area contributed by atoms with Crippen LogP contribution >= 0.6 is 0 Å². The Kier molecular flexibility index (Phi) is 8.82. The van der Waals surface area contributed by atoms with Gasteiger partial charge in [-0.05, 0) is 146 Å². The molecule has 0 amide bonds. The SMILES string of the molecule is CC[C@H]1C[C@H]2C[C@@H](C)CC(c3cccc(-c4nc(-c5ccc(C67C[C@H](C)C[C@H](C[C@H](C)C6)C7)cc5)nc(-c5cc(C#N)cc(C#N)c5)n4)c3)(C2)C1. The van der Waals surface area contributed by atoms with Crippen LogP contribution in [-0.4, -0.2) is 15.0 Å². The quantitative estimate of drug-likeness (QED) is 0.203. The van der Waals surface area contributed by atoms with Crippen molar-refractivity contribution in [2.45, 2.75) is 109 Å². The smallest absolute Gasteiger partial charge is 0.164 e. The normalized spacial score (nSPS) is 31.3. The molecule has 8 rings (SSSR count). The molecule has 0 aliphatic heterocycles. The van der Waals surface area contributed by atoms with Crippen LogP contribution in [0.25, 0.3) is 34.2 Å². The third-order valence-corrected chi connectivity index (χ3v) is 13.3. The molecular weight excluding hydrogens is 623 g/mol. The molecule has 0 spiro atoms. The van der Waals surface area contributed by atoms with E-state index in [1.807, 2.05) is 0 Å². The van der Waals surface area contributed by atoms with Gasteiger partial charge in [0.25, 0.3) is 0 Å². The minimum Gasteiger partial charge on any atom is -0.208 e. The zero-order valence-electron chi connectivity index (χ0n) is 30.8. The van der Waals surface area contributed by atoms with Gasteiger partial charge >= 0.3 is 0 Å². The second kappa shape index (κ2) is 13.3. The van der Waals surface area contributed by atoms with Gasteiger partial charge in [-0.2, -0.15) is 10.5 Å². The summed E-state index contributed by atoms with van der Waals surface area (Å²) in [6.07, 6.45) is 14.3. The van der Waals surface area contributed by atoms with Crippen molar-refractivity contribution < 1.29 is 0 Å². The molecule has 51 heavy (non-hydrogen) atoms. The number of fused-ring (bicyclic) bond motifs is 4. The third kappa shape index (κ3) is 6.50. The first-order valence-electron chi connectivity index (χ1n) is 19.6. The Balaban J connectivity index is 1.22. The molecule has 5 heteroatoms. The van der Waals surface area contributed by atoms with E-state index in [1.165, 1.54) is 81.8 Å². The summed E-state index contributed by atoms with van der Waals surface area (Å²) in [6.45, 7) is 9.69. The van der Waals surface area contributed by atoms with Crippen LogP contribution in [0.4, 0.5) is 0 Å². The van der Waals surface area contributed by atoms with Gasteiger partial charge in [-0.25, -0.2) is 15.0 Å². The molecule has 8 atom stereocenters. The van der Waals surface area contributed by atoms with Gasteiger partial charge in [-0.1, -0.05) is 76.6 Å². The third-order valence-electron chi connectivity index (χ3n) is 13.3. The lowest BCUT2D eigenvalue weighted by atomic mass is 9.54. The molecule has 4 saturated carbocycles. The van der Waals surface area contributed by atoms with Crippen molar-refractivity contribution in [2.24, 2.45) is 35.5 Å². The van der Waals surface area contributed by atoms with Gasteiger partial charge in [-0.15, -0.1) is 0 Å². The fraction of sp³-hybridized carbons (Fsp3) is 0.500. The maximum atomic E-state index is 9.79. The number of nitriles is 2. The molecule has 0 N–H and O–H groups in total. The Morgan fingerprint density at radius 1 is 0.569 bits per heavy atom. The Morgan fingerprint density at radius 3 is 1.67 bits per heavy atom. The fourth-order valence-corrected chi connectivity index (χ4v) is 11.8. The van der Waals surface area contributed by atoms with E-state index in [1.54, 1.807) is 18.2 Å². The fourth-order valence-electron chi connectivity index (χ4n) is 11.8. The number of hydrogen-bond donors (Lipinski definition) is 0. The first-order valence-corrected chi connectivity index (χ1v) is 19.6. The van der Waals surface area contributed by atoms with Crippen molar-refractivity contribution >= 4 is 0 Å². The maximum absolute atomic E-state index is 9.79. The van der Waals surface area contributed by atoms with E-state index in [0.29, 0.717) is 34.2 Å². The van der Waals surface area contributed by atoms with E-state index in [4.69, 9.17) is 15.0 Å². The molecule has 0 saturated heterocycles. The van der Waals surface area contributed by atoms with Crippen LogP contribution in [-0.2, 0) is 10.8 Å². The van der Waals surface area contributed by atoms with Crippen molar-refractivity contribution in [1.82, 2.24) is 15.0 Å². The number of aromatic nitrogens is 3. The monoisotopic (exact) mass is 673 g/mol. The topological polar surface area (TPSA) is 86.2 Å². The van der Waals surface area contributed by atoms with Crippen LogP contribution < -0.4 is 0 Å². The molecule has 260 valence electrons. The van der Waals surface area contributed by atoms with Crippen LogP contribution in [0.2, 0.25) is 0 Å². The van der Waals surface area contributed by atoms with E-state index < -0.39 is 0 Å². The highest BCUT2D eigenvalue weighted by atomic mass is 15.0. The van der Waals surface area contributed by atoms with Gasteiger partial charge in [0.15, 0.2) is 17.5 Å². The summed E-state index contributed by atoms with van der Waals surface area (Å²) in [5, 5.41) is 19.6. The molecule has 3 aromatic carbocycles. The van der Waals surface area contributed by atoms with Crippen LogP contribution in [0.1, 0.15) is 121 Å². The minimum atomic E-state index is 0.195. The first-order chi connectivity index (χ1) is 24.7. The van der Waals surface area contributed by atoms with E-state index in [0.717, 1.165) is 46.6 Å². The standard InChI is InChI=1S/C46H51N5/c1-5-32-16-34-15-31(4)23-46(24-32,26-34)41-8-6-7-38(20-41)43-49-42(50-44(51-43)39-18-35(27-47)17-36(19-39)28-48)37-9-11-40(12-10-37)45-21-29(2)13-33(25-45)14-30(3)22-45/h6-12,17-20,29-34H,5,13-16,21-26H2,1-4H3/t29-,30+,31-,32+,33-,34-,45?,46?/m1/s1. The lowest BCUT2D eigenvalue weighted by Gasteiger charge is -2.51. The van der Waals surface area contributed by atoms with Crippen LogP contribution in [0, 0.1) is 58.2 Å². The first kappa shape index (κ1) is 33.8. The van der Waals surface area contributed by atoms with Gasteiger partial charge in [0.1, 0.15) is 0 Å². The van der Waals surface area contributed by atoms with Crippen molar-refractivity contribution in [3.05, 3.63) is 89.0 Å². The zero-order valence-corrected chi connectivity index (χ0v) is 30.8. The molecule has 4 bridgehead atoms. The number of nitrogens with zero attached hydrogens (tertiary/aromatic N) is 5. The summed E-state index contributed by atoms with van der Waals surface area (Å²) in [5.74, 6) is 6.37. The van der Waals surface area contributed by atoms with Crippen LogP contribution in [0.5, 0.6) is 0 Å². The largest absolute Gasteiger partial charge is 0.208 e. The van der Waals surface area contributed by atoms with Gasteiger partial charge in [0.2, 0.25) is 0 Å². The summed E-state index contributed by atoms with van der Waals surface area (Å²) in [7, 11) is 0. The van der Waals surface area contributed by atoms with E-state index >= 15 is 0 Å². The summed E-state index contributed by atoms with van der Waals surface area (Å²) in [6, 6.07) is 27.7. The Labute approximate surface area is 304 Å². The second-order valence-corrected chi connectivity index (χ2v) is 17.5. The summed E-state index contributed by atoms with van der Waals surface area (Å²) in [5.41, 5.74) is 6.76. The van der Waals surface area contributed by atoms with Crippen molar-refractivity contribution in [3.8, 4) is 46.3 Å². The van der Waals surface area contributed by atoms with E-state index in [-0.39, 0.29) is 10.8 Å². The lowest BCUT2D eigenvalue weighted by molar-refractivity contribution is 0.0703. The molecule has 4 fully saturated rings. The van der Waals surface area contributed by atoms with Crippen molar-refractivity contribution in [2.75, 3.05) is 0 Å². The van der Waals surface area contributed by atoms with Gasteiger partial charge in [-0.3, -0.25) is 0 Å².